The topological polar surface area (TPSA) is 52.3 Å². The molecule has 1 saturated heterocycles. The van der Waals surface area contributed by atoms with Crippen molar-refractivity contribution in [2.45, 2.75) is 32.9 Å². The average molecular weight is 375 g/mol. The van der Waals surface area contributed by atoms with Crippen LogP contribution in [0, 0.1) is 10.7 Å². The van der Waals surface area contributed by atoms with E-state index >= 15 is 0 Å². The van der Waals surface area contributed by atoms with Gasteiger partial charge in [-0.25, -0.2) is 4.68 Å². The van der Waals surface area contributed by atoms with Gasteiger partial charge in [-0.3, -0.25) is 9.69 Å². The predicted molar refractivity (Wildman–Crippen MR) is 102 cm³/mol. The Morgan fingerprint density at radius 3 is 2.85 bits per heavy atom. The first-order valence-electron chi connectivity index (χ1n) is 9.14. The Bertz CT molecular complexity index is 800. The van der Waals surface area contributed by atoms with E-state index in [-0.39, 0.29) is 11.9 Å². The molecule has 3 rings (SSSR count). The highest BCUT2D eigenvalue weighted by molar-refractivity contribution is 7.71. The van der Waals surface area contributed by atoms with Gasteiger partial charge in [0.25, 0.3) is 0 Å². The number of rotatable bonds is 6. The molecule has 0 saturated carbocycles. The summed E-state index contributed by atoms with van der Waals surface area (Å²) >= 11 is 5.57. The minimum atomic E-state index is -0.0911. The van der Waals surface area contributed by atoms with Gasteiger partial charge in [0, 0.05) is 20.0 Å². The molecular weight excluding hydrogens is 348 g/mol. The maximum Gasteiger partial charge on any atom is 0.310 e. The van der Waals surface area contributed by atoms with Crippen molar-refractivity contribution in [3.05, 3.63) is 46.5 Å². The highest BCUT2D eigenvalue weighted by Gasteiger charge is 2.27. The molecule has 1 fully saturated rings. The van der Waals surface area contributed by atoms with E-state index < -0.39 is 0 Å². The predicted octanol–water partition coefficient (Wildman–Crippen LogP) is 2.77. The highest BCUT2D eigenvalue weighted by Crippen LogP contribution is 2.19. The number of nitrogens with zero attached hydrogens (tertiary/aromatic N) is 4. The van der Waals surface area contributed by atoms with Crippen LogP contribution in [0.3, 0.4) is 0 Å². The van der Waals surface area contributed by atoms with E-state index in [0.717, 1.165) is 31.6 Å². The number of carbonyl (C=O) groups excluding carboxylic acids is 1. The van der Waals surface area contributed by atoms with Gasteiger partial charge in [-0.15, -0.1) is 0 Å². The molecule has 1 atom stereocenters. The zero-order valence-electron chi connectivity index (χ0n) is 15.4. The maximum absolute atomic E-state index is 12.0. The van der Waals surface area contributed by atoms with Crippen LogP contribution in [0.4, 0.5) is 0 Å². The fourth-order valence-corrected chi connectivity index (χ4v) is 3.59. The van der Waals surface area contributed by atoms with Gasteiger partial charge in [0.1, 0.15) is 5.82 Å². The summed E-state index contributed by atoms with van der Waals surface area (Å²) in [5, 5.41) is 4.72. The zero-order chi connectivity index (χ0) is 18.5. The molecule has 2 heterocycles. The Hall–Kier alpha value is -1.99. The first kappa shape index (κ1) is 18.8. The first-order valence-corrected chi connectivity index (χ1v) is 9.55. The van der Waals surface area contributed by atoms with Crippen molar-refractivity contribution in [2.75, 3.05) is 19.7 Å². The molecule has 0 radical (unpaired) electrons. The molecule has 0 spiro atoms. The van der Waals surface area contributed by atoms with Crippen LogP contribution < -0.4 is 0 Å². The molecule has 0 amide bonds. The van der Waals surface area contributed by atoms with Crippen LogP contribution in [0.25, 0.3) is 0 Å². The second-order valence-electron chi connectivity index (χ2n) is 6.73. The Balaban J connectivity index is 1.69. The van der Waals surface area contributed by atoms with Crippen molar-refractivity contribution in [3.8, 4) is 0 Å². The van der Waals surface area contributed by atoms with Crippen LogP contribution >= 0.6 is 12.2 Å². The van der Waals surface area contributed by atoms with Gasteiger partial charge in [-0.1, -0.05) is 30.3 Å². The van der Waals surface area contributed by atoms with E-state index in [2.05, 4.69) is 17.0 Å². The Morgan fingerprint density at radius 2 is 2.12 bits per heavy atom. The molecule has 1 aliphatic heterocycles. The molecule has 1 aliphatic rings. The van der Waals surface area contributed by atoms with E-state index in [1.807, 2.05) is 41.4 Å². The lowest BCUT2D eigenvalue weighted by atomic mass is 9.99. The largest absolute Gasteiger partial charge is 0.466 e. The number of aromatic nitrogens is 3. The summed E-state index contributed by atoms with van der Waals surface area (Å²) in [6.07, 6.45) is 2.63. The lowest BCUT2D eigenvalue weighted by molar-refractivity contribution is -0.150. The van der Waals surface area contributed by atoms with Crippen molar-refractivity contribution in [1.82, 2.24) is 19.2 Å². The third-order valence-electron chi connectivity index (χ3n) is 4.80. The Kier molecular flexibility index (Phi) is 6.21. The van der Waals surface area contributed by atoms with Crippen LogP contribution in [0.5, 0.6) is 0 Å². The van der Waals surface area contributed by atoms with Gasteiger partial charge < -0.3 is 9.30 Å². The van der Waals surface area contributed by atoms with Crippen molar-refractivity contribution in [3.63, 3.8) is 0 Å². The third-order valence-corrected chi connectivity index (χ3v) is 5.28. The lowest BCUT2D eigenvalue weighted by Gasteiger charge is -2.31. The van der Waals surface area contributed by atoms with E-state index in [1.54, 1.807) is 0 Å². The van der Waals surface area contributed by atoms with Gasteiger partial charge in [0.2, 0.25) is 0 Å². The highest BCUT2D eigenvalue weighted by atomic mass is 32.1. The average Bonchev–Trinajstić information content (AvgIpc) is 2.91. The smallest absolute Gasteiger partial charge is 0.310 e. The second-order valence-corrected chi connectivity index (χ2v) is 7.09. The summed E-state index contributed by atoms with van der Waals surface area (Å²) in [5.74, 6) is 0.803. The van der Waals surface area contributed by atoms with Gasteiger partial charge in [0.15, 0.2) is 4.77 Å². The molecule has 1 aromatic heterocycles. The molecule has 1 aromatic carbocycles. The number of esters is 1. The van der Waals surface area contributed by atoms with Gasteiger partial charge in [-0.05, 0) is 44.1 Å². The number of carbonyl (C=O) groups is 1. The molecule has 7 heteroatoms. The summed E-state index contributed by atoms with van der Waals surface area (Å²) in [6, 6.07) is 10.3. The minimum absolute atomic E-state index is 0.0506. The number of benzene rings is 1. The standard InChI is InChI=1S/C19H26N4O2S/c1-3-25-18(24)16-10-7-11-22(13-16)14-23-19(26)21(2)17(20-23)12-15-8-5-4-6-9-15/h4-6,8-9,16H,3,7,10-14H2,1-2H3/t16-/m1/s1. The Labute approximate surface area is 159 Å². The molecule has 0 aliphatic carbocycles. The van der Waals surface area contributed by atoms with E-state index in [1.165, 1.54) is 5.56 Å². The lowest BCUT2D eigenvalue weighted by Crippen LogP contribution is -2.40. The molecule has 0 N–H and O–H groups in total. The fourth-order valence-electron chi connectivity index (χ4n) is 3.38. The summed E-state index contributed by atoms with van der Waals surface area (Å²) in [6.45, 7) is 4.54. The molecule has 0 bridgehead atoms. The molecule has 2 aromatic rings. The molecule has 0 unspecified atom stereocenters. The quantitative estimate of drug-likeness (QED) is 0.575. The van der Waals surface area contributed by atoms with Crippen molar-refractivity contribution in [2.24, 2.45) is 13.0 Å². The summed E-state index contributed by atoms with van der Waals surface area (Å²) in [4.78, 5) is 14.3. The van der Waals surface area contributed by atoms with Crippen LogP contribution in [-0.2, 0) is 29.7 Å². The fraction of sp³-hybridized carbons (Fsp3) is 0.526. The van der Waals surface area contributed by atoms with Crippen molar-refractivity contribution in [1.29, 1.82) is 0 Å². The first-order chi connectivity index (χ1) is 12.6. The van der Waals surface area contributed by atoms with Gasteiger partial charge >= 0.3 is 5.97 Å². The van der Waals surface area contributed by atoms with E-state index in [4.69, 9.17) is 22.1 Å². The minimum Gasteiger partial charge on any atom is -0.466 e. The van der Waals surface area contributed by atoms with Gasteiger partial charge in [0.05, 0.1) is 19.2 Å². The second kappa shape index (κ2) is 8.60. The summed E-state index contributed by atoms with van der Waals surface area (Å²) < 4.78 is 9.71. The Morgan fingerprint density at radius 1 is 1.35 bits per heavy atom. The van der Waals surface area contributed by atoms with Crippen molar-refractivity contribution >= 4 is 18.2 Å². The SMILES string of the molecule is CCOC(=O)[C@@H]1CCCN(Cn2nc(Cc3ccccc3)n(C)c2=S)C1. The molecule has 140 valence electrons. The molecule has 6 nitrogen and oxygen atoms in total. The number of piperidine rings is 1. The summed E-state index contributed by atoms with van der Waals surface area (Å²) in [7, 11) is 1.96. The van der Waals surface area contributed by atoms with Crippen LogP contribution in [-0.4, -0.2) is 44.9 Å². The monoisotopic (exact) mass is 374 g/mol. The van der Waals surface area contributed by atoms with Crippen LogP contribution in [0.2, 0.25) is 0 Å². The molecular formula is C19H26N4O2S. The summed E-state index contributed by atoms with van der Waals surface area (Å²) in [5.41, 5.74) is 1.21. The third kappa shape index (κ3) is 4.40. The van der Waals surface area contributed by atoms with Crippen LogP contribution in [0.15, 0.2) is 30.3 Å². The van der Waals surface area contributed by atoms with Crippen molar-refractivity contribution < 1.29 is 9.53 Å². The zero-order valence-corrected chi connectivity index (χ0v) is 16.2. The maximum atomic E-state index is 12.0. The number of likely N-dealkylation sites (tertiary alicyclic amines) is 1. The van der Waals surface area contributed by atoms with Crippen LogP contribution in [0.1, 0.15) is 31.2 Å². The number of hydrogen-bond donors (Lipinski definition) is 0. The molecule has 26 heavy (non-hydrogen) atoms. The normalized spacial score (nSPS) is 18.0. The number of ether oxygens (including phenoxy) is 1. The van der Waals surface area contributed by atoms with E-state index in [9.17, 15) is 4.79 Å². The van der Waals surface area contributed by atoms with Gasteiger partial charge in [-0.2, -0.15) is 5.10 Å². The number of hydrogen-bond acceptors (Lipinski definition) is 5. The van der Waals surface area contributed by atoms with E-state index in [0.29, 0.717) is 24.6 Å².